The van der Waals surface area contributed by atoms with Gasteiger partial charge in [0, 0.05) is 36.7 Å². The van der Waals surface area contributed by atoms with E-state index in [0.29, 0.717) is 25.9 Å². The molecular weight excluding hydrogens is 412 g/mol. The highest BCUT2D eigenvalue weighted by Crippen LogP contribution is 2.34. The molecule has 33 heavy (non-hydrogen) atoms. The van der Waals surface area contributed by atoms with Crippen molar-refractivity contribution in [3.05, 3.63) is 53.0 Å². The number of amides is 2. The second kappa shape index (κ2) is 9.62. The number of anilines is 1. The number of carbonyl (C=O) groups excluding carboxylic acids is 2. The Hall–Kier alpha value is -2.76. The molecule has 1 saturated carbocycles. The van der Waals surface area contributed by atoms with E-state index in [1.807, 2.05) is 42.2 Å². The van der Waals surface area contributed by atoms with Crippen LogP contribution in [-0.4, -0.2) is 39.8 Å². The second-order valence-corrected chi connectivity index (χ2v) is 9.98. The molecule has 1 saturated heterocycles. The summed E-state index contributed by atoms with van der Waals surface area (Å²) in [6.45, 7) is 4.03. The molecule has 2 fully saturated rings. The van der Waals surface area contributed by atoms with Crippen LogP contribution in [-0.2, 0) is 22.6 Å². The van der Waals surface area contributed by atoms with Crippen LogP contribution in [0.5, 0.6) is 0 Å². The maximum atomic E-state index is 12.9. The summed E-state index contributed by atoms with van der Waals surface area (Å²) in [4.78, 5) is 39.3. The van der Waals surface area contributed by atoms with Gasteiger partial charge in [-0.25, -0.2) is 9.97 Å². The number of aromatic nitrogens is 2. The summed E-state index contributed by atoms with van der Waals surface area (Å²) < 4.78 is 0. The number of rotatable bonds is 6. The fourth-order valence-electron chi connectivity index (χ4n) is 5.71. The summed E-state index contributed by atoms with van der Waals surface area (Å²) in [6, 6.07) is 10.0. The average Bonchev–Trinajstić information content (AvgIpc) is 3.47. The molecule has 2 aliphatic heterocycles. The molecule has 0 unspecified atom stereocenters. The molecule has 0 bridgehead atoms. The number of nitrogens with zero attached hydrogens (tertiary/aromatic N) is 4. The molecule has 1 aliphatic carbocycles. The Morgan fingerprint density at radius 2 is 1.85 bits per heavy atom. The molecule has 6 nitrogen and oxygen atoms in total. The van der Waals surface area contributed by atoms with Crippen molar-refractivity contribution in [1.29, 1.82) is 0 Å². The van der Waals surface area contributed by atoms with Crippen LogP contribution in [0.3, 0.4) is 0 Å². The van der Waals surface area contributed by atoms with Gasteiger partial charge in [-0.3, -0.25) is 14.5 Å². The minimum atomic E-state index is 0.0794. The van der Waals surface area contributed by atoms with E-state index in [-0.39, 0.29) is 17.7 Å². The molecule has 2 aromatic rings. The van der Waals surface area contributed by atoms with Crippen molar-refractivity contribution in [3.8, 4) is 0 Å². The Balaban J connectivity index is 1.30. The summed E-state index contributed by atoms with van der Waals surface area (Å²) >= 11 is 0. The molecule has 1 atom stereocenters. The van der Waals surface area contributed by atoms with E-state index in [1.54, 1.807) is 4.90 Å². The molecule has 1 aromatic carbocycles. The summed E-state index contributed by atoms with van der Waals surface area (Å²) in [5.74, 6) is 2.78. The molecule has 3 aliphatic rings. The van der Waals surface area contributed by atoms with Gasteiger partial charge in [-0.2, -0.15) is 0 Å². The van der Waals surface area contributed by atoms with Crippen molar-refractivity contribution in [2.45, 2.75) is 77.2 Å². The van der Waals surface area contributed by atoms with Gasteiger partial charge in [0.25, 0.3) is 0 Å². The maximum absolute atomic E-state index is 12.9. The maximum Gasteiger partial charge on any atom is 0.233 e. The highest BCUT2D eigenvalue weighted by atomic mass is 16.2. The number of carbonyl (C=O) groups is 2. The topological polar surface area (TPSA) is 66.4 Å². The molecule has 174 valence electrons. The third-order valence-corrected chi connectivity index (χ3v) is 7.66. The minimum absolute atomic E-state index is 0.0794. The van der Waals surface area contributed by atoms with Gasteiger partial charge in [0.1, 0.15) is 11.6 Å². The van der Waals surface area contributed by atoms with Gasteiger partial charge in [0.2, 0.25) is 11.8 Å². The normalized spacial score (nSPS) is 21.0. The molecule has 3 heterocycles. The number of hydrogen-bond acceptors (Lipinski definition) is 4. The number of hydrogen-bond donors (Lipinski definition) is 0. The van der Waals surface area contributed by atoms with E-state index >= 15 is 0 Å². The van der Waals surface area contributed by atoms with Gasteiger partial charge in [0.05, 0.1) is 13.0 Å². The predicted octanol–water partition coefficient (Wildman–Crippen LogP) is 4.55. The lowest BCUT2D eigenvalue weighted by Crippen LogP contribution is -2.39. The van der Waals surface area contributed by atoms with Crippen LogP contribution in [0.15, 0.2) is 30.3 Å². The Morgan fingerprint density at radius 1 is 1.06 bits per heavy atom. The zero-order chi connectivity index (χ0) is 22.8. The first-order chi connectivity index (χ1) is 16.1. The molecule has 0 spiro atoms. The summed E-state index contributed by atoms with van der Waals surface area (Å²) in [6.07, 6.45) is 9.25. The summed E-state index contributed by atoms with van der Waals surface area (Å²) in [7, 11) is 0. The van der Waals surface area contributed by atoms with E-state index in [0.717, 1.165) is 60.2 Å². The second-order valence-electron chi connectivity index (χ2n) is 9.98. The van der Waals surface area contributed by atoms with Crippen LogP contribution in [0.2, 0.25) is 0 Å². The zero-order valence-electron chi connectivity index (χ0n) is 19.6. The first-order valence-electron chi connectivity index (χ1n) is 12.6. The van der Waals surface area contributed by atoms with Gasteiger partial charge in [-0.05, 0) is 37.7 Å². The first kappa shape index (κ1) is 22.1. The van der Waals surface area contributed by atoms with Gasteiger partial charge in [0.15, 0.2) is 0 Å². The molecule has 2 amide bonds. The lowest BCUT2D eigenvalue weighted by atomic mass is 9.95. The van der Waals surface area contributed by atoms with Gasteiger partial charge in [-0.1, -0.05) is 56.0 Å². The monoisotopic (exact) mass is 446 g/mol. The molecule has 6 heteroatoms. The molecule has 5 rings (SSSR count). The predicted molar refractivity (Wildman–Crippen MR) is 128 cm³/mol. The van der Waals surface area contributed by atoms with Crippen LogP contribution in [0.1, 0.15) is 79.9 Å². The van der Waals surface area contributed by atoms with Gasteiger partial charge in [-0.15, -0.1) is 0 Å². The summed E-state index contributed by atoms with van der Waals surface area (Å²) in [5, 5.41) is 0. The fraction of sp³-hybridized carbons (Fsp3) is 0.556. The Bertz CT molecular complexity index is 1020. The van der Waals surface area contributed by atoms with E-state index in [2.05, 4.69) is 0 Å². The molecule has 1 aromatic heterocycles. The van der Waals surface area contributed by atoms with Crippen molar-refractivity contribution < 1.29 is 9.59 Å². The van der Waals surface area contributed by atoms with Crippen LogP contribution in [0.4, 0.5) is 5.82 Å². The standard InChI is InChI=1S/C27H34N4O2/c1-19-23-16-25(33)31(17-21-10-3-2-4-11-21)27(23)29-26(28-19)22-12-7-15-30(18-22)24(32)14-13-20-8-5-6-9-20/h2-4,10-11,20,22H,5-9,12-18H2,1H3/t22-/m0/s1. The van der Waals surface area contributed by atoms with Crippen LogP contribution in [0, 0.1) is 12.8 Å². The van der Waals surface area contributed by atoms with Crippen molar-refractivity contribution >= 4 is 17.6 Å². The number of benzene rings is 1. The van der Waals surface area contributed by atoms with Crippen LogP contribution < -0.4 is 4.90 Å². The zero-order valence-corrected chi connectivity index (χ0v) is 19.6. The van der Waals surface area contributed by atoms with Crippen LogP contribution >= 0.6 is 0 Å². The lowest BCUT2D eigenvalue weighted by molar-refractivity contribution is -0.132. The van der Waals surface area contributed by atoms with E-state index in [4.69, 9.17) is 9.97 Å². The number of piperidine rings is 1. The van der Waals surface area contributed by atoms with E-state index in [1.165, 1.54) is 25.7 Å². The fourth-order valence-corrected chi connectivity index (χ4v) is 5.71. The number of fused-ring (bicyclic) bond motifs is 1. The highest BCUT2D eigenvalue weighted by Gasteiger charge is 2.34. The SMILES string of the molecule is Cc1nc([C@H]2CCCN(C(=O)CCC3CCCC3)C2)nc2c1CC(=O)N2Cc1ccccc1. The van der Waals surface area contributed by atoms with E-state index < -0.39 is 0 Å². The number of aryl methyl sites for hydroxylation is 1. The van der Waals surface area contributed by atoms with Crippen molar-refractivity contribution in [2.75, 3.05) is 18.0 Å². The average molecular weight is 447 g/mol. The Morgan fingerprint density at radius 3 is 2.64 bits per heavy atom. The molecular formula is C27H34N4O2. The van der Waals surface area contributed by atoms with Crippen molar-refractivity contribution in [1.82, 2.24) is 14.9 Å². The lowest BCUT2D eigenvalue weighted by Gasteiger charge is -2.32. The molecule has 0 radical (unpaired) electrons. The smallest absolute Gasteiger partial charge is 0.233 e. The molecule has 0 N–H and O–H groups in total. The third kappa shape index (κ3) is 4.80. The van der Waals surface area contributed by atoms with Crippen LogP contribution in [0.25, 0.3) is 0 Å². The number of likely N-dealkylation sites (tertiary alicyclic amines) is 1. The summed E-state index contributed by atoms with van der Waals surface area (Å²) in [5.41, 5.74) is 2.93. The largest absolute Gasteiger partial charge is 0.342 e. The quantitative estimate of drug-likeness (QED) is 0.653. The van der Waals surface area contributed by atoms with Gasteiger partial charge < -0.3 is 4.90 Å². The highest BCUT2D eigenvalue weighted by molar-refractivity contribution is 6.00. The van der Waals surface area contributed by atoms with Crippen molar-refractivity contribution in [3.63, 3.8) is 0 Å². The first-order valence-corrected chi connectivity index (χ1v) is 12.6. The third-order valence-electron chi connectivity index (χ3n) is 7.66. The van der Waals surface area contributed by atoms with E-state index in [9.17, 15) is 9.59 Å². The van der Waals surface area contributed by atoms with Crippen molar-refractivity contribution in [2.24, 2.45) is 5.92 Å². The Kier molecular flexibility index (Phi) is 6.43. The minimum Gasteiger partial charge on any atom is -0.342 e. The van der Waals surface area contributed by atoms with Gasteiger partial charge >= 0.3 is 0 Å². The Labute approximate surface area is 196 Å².